The summed E-state index contributed by atoms with van der Waals surface area (Å²) in [6, 6.07) is 12.7. The molecule has 4 saturated heterocycles. The van der Waals surface area contributed by atoms with Gasteiger partial charge in [-0.2, -0.15) is 0 Å². The molecule has 17 heteroatoms. The standard InChI is InChI=1S/C28H40N4O6.C24H33N3O4/c1-17(31(5)27(36)38-28(2,3)4)24(33)30-21-15-16-37-23-14-13-22(32(23)26(21)35)25(34)29-20-12-8-10-18-9-6-7-11-19(18)20;1-3-15(2)22(28)26-19-13-14-31-21-12-11-20(27(21)24(19)30)23(29)25-18-10-6-8-16-7-4-5-9-17(16)18/h6-7,9,11,17,20-23H,8,10,12-16H2,1-5H3,(H,29,34)(H,30,33);4-5,7,9,15,18-21H,3,6,8,10-14H2,1-2H3,(H,25,29)(H,26,28)/t17-,20+,21-,22-,23-;15-,18-,19+,20+,21+/m01/s1. The molecule has 2 aliphatic carbocycles. The third-order valence-corrected chi connectivity index (χ3v) is 14.5. The van der Waals surface area contributed by atoms with E-state index in [0.29, 0.717) is 45.1 Å². The molecular formula is C52H73N7O10. The Bertz CT molecular complexity index is 2210. The molecule has 2 aromatic carbocycles. The van der Waals surface area contributed by atoms with Crippen LogP contribution in [0, 0.1) is 5.92 Å². The van der Waals surface area contributed by atoms with Crippen LogP contribution in [0.3, 0.4) is 0 Å². The topological polar surface area (TPSA) is 205 Å². The number of nitrogens with one attached hydrogen (secondary N) is 4. The summed E-state index contributed by atoms with van der Waals surface area (Å²) in [6.07, 6.45) is 7.96. The van der Waals surface area contributed by atoms with Gasteiger partial charge in [0.1, 0.15) is 48.3 Å². The van der Waals surface area contributed by atoms with E-state index in [1.807, 2.05) is 38.1 Å². The molecule has 17 nitrogen and oxygen atoms in total. The van der Waals surface area contributed by atoms with E-state index in [2.05, 4.69) is 45.5 Å². The van der Waals surface area contributed by atoms with Gasteiger partial charge in [0.15, 0.2) is 0 Å². The molecule has 8 rings (SSSR count). The van der Waals surface area contributed by atoms with Gasteiger partial charge < -0.3 is 45.3 Å². The van der Waals surface area contributed by atoms with E-state index in [-0.39, 0.29) is 60.6 Å². The Hall–Kier alpha value is -5.55. The number of likely N-dealkylation sites (N-methyl/N-ethyl adjacent to an activating group) is 1. The summed E-state index contributed by atoms with van der Waals surface area (Å²) < 4.78 is 17.2. The number of hydrogen-bond donors (Lipinski definition) is 4. The van der Waals surface area contributed by atoms with Gasteiger partial charge in [-0.1, -0.05) is 62.4 Å². The highest BCUT2D eigenvalue weighted by Crippen LogP contribution is 2.35. The molecular weight excluding hydrogens is 883 g/mol. The van der Waals surface area contributed by atoms with Gasteiger partial charge in [0.25, 0.3) is 0 Å². The van der Waals surface area contributed by atoms with E-state index >= 15 is 0 Å². The van der Waals surface area contributed by atoms with Crippen LogP contribution in [-0.4, -0.2) is 125 Å². The van der Waals surface area contributed by atoms with Gasteiger partial charge in [-0.05, 0) is 121 Å². The van der Waals surface area contributed by atoms with Crippen LogP contribution in [0.1, 0.15) is 147 Å². The quantitative estimate of drug-likeness (QED) is 0.248. The Morgan fingerprint density at radius 2 is 1.10 bits per heavy atom. The normalized spacial score (nSPS) is 27.2. The molecule has 0 spiro atoms. The van der Waals surface area contributed by atoms with E-state index < -0.39 is 60.3 Å². The molecule has 0 saturated carbocycles. The molecule has 6 aliphatic rings. The van der Waals surface area contributed by atoms with E-state index in [1.165, 1.54) is 33.5 Å². The number of aryl methyl sites for hydroxylation is 2. The molecule has 10 atom stereocenters. The number of amides is 7. The number of nitrogens with zero attached hydrogens (tertiary/aromatic N) is 3. The Labute approximate surface area is 406 Å². The predicted octanol–water partition coefficient (Wildman–Crippen LogP) is 5.11. The van der Waals surface area contributed by atoms with Gasteiger partial charge in [-0.25, -0.2) is 4.79 Å². The van der Waals surface area contributed by atoms with Crippen LogP contribution in [0.5, 0.6) is 0 Å². The summed E-state index contributed by atoms with van der Waals surface area (Å²) in [5.74, 6) is -1.63. The summed E-state index contributed by atoms with van der Waals surface area (Å²) in [7, 11) is 1.48. The second kappa shape index (κ2) is 22.5. The first-order valence-electron chi connectivity index (χ1n) is 25.2. The van der Waals surface area contributed by atoms with E-state index in [1.54, 1.807) is 32.6 Å². The van der Waals surface area contributed by atoms with Crippen LogP contribution < -0.4 is 21.3 Å². The Morgan fingerprint density at radius 1 is 0.652 bits per heavy atom. The average Bonchev–Trinajstić information content (AvgIpc) is 3.89. The second-order valence-electron chi connectivity index (χ2n) is 20.4. The van der Waals surface area contributed by atoms with Crippen LogP contribution in [0.15, 0.2) is 48.5 Å². The zero-order valence-electron chi connectivity index (χ0n) is 41.4. The van der Waals surface area contributed by atoms with Gasteiger partial charge in [0, 0.05) is 25.8 Å². The van der Waals surface area contributed by atoms with Gasteiger partial charge in [0.2, 0.25) is 35.4 Å². The van der Waals surface area contributed by atoms with E-state index in [0.717, 1.165) is 44.1 Å². The van der Waals surface area contributed by atoms with Gasteiger partial charge in [-0.3, -0.25) is 33.7 Å². The highest BCUT2D eigenvalue weighted by molar-refractivity contribution is 5.95. The number of carbonyl (C=O) groups excluding carboxylic acids is 7. The minimum Gasteiger partial charge on any atom is -0.444 e. The third-order valence-electron chi connectivity index (χ3n) is 14.5. The number of hydrogen-bond acceptors (Lipinski definition) is 10. The second-order valence-corrected chi connectivity index (χ2v) is 20.4. The maximum atomic E-state index is 13.6. The molecule has 4 aliphatic heterocycles. The predicted molar refractivity (Wildman–Crippen MR) is 256 cm³/mol. The third kappa shape index (κ3) is 12.1. The zero-order chi connectivity index (χ0) is 49.6. The van der Waals surface area contributed by atoms with Gasteiger partial charge in [-0.15, -0.1) is 0 Å². The molecule has 4 N–H and O–H groups in total. The van der Waals surface area contributed by atoms with Crippen molar-refractivity contribution in [3.05, 3.63) is 70.8 Å². The lowest BCUT2D eigenvalue weighted by atomic mass is 9.87. The highest BCUT2D eigenvalue weighted by atomic mass is 16.6. The molecule has 0 aromatic heterocycles. The number of rotatable bonds is 10. The van der Waals surface area contributed by atoms with Crippen molar-refractivity contribution in [2.45, 2.75) is 185 Å². The van der Waals surface area contributed by atoms with E-state index in [9.17, 15) is 33.6 Å². The van der Waals surface area contributed by atoms with Crippen molar-refractivity contribution < 1.29 is 47.8 Å². The van der Waals surface area contributed by atoms with Crippen LogP contribution in [0.4, 0.5) is 4.79 Å². The van der Waals surface area contributed by atoms with Crippen molar-refractivity contribution in [2.75, 3.05) is 20.3 Å². The number of carbonyl (C=O) groups is 7. The Kier molecular flexibility index (Phi) is 16.7. The molecule has 7 amide bonds. The van der Waals surface area contributed by atoms with E-state index in [4.69, 9.17) is 14.2 Å². The van der Waals surface area contributed by atoms with Crippen molar-refractivity contribution in [3.63, 3.8) is 0 Å². The fourth-order valence-electron chi connectivity index (χ4n) is 10.3. The van der Waals surface area contributed by atoms with Crippen molar-refractivity contribution in [2.24, 2.45) is 5.92 Å². The first-order valence-corrected chi connectivity index (χ1v) is 25.2. The number of fused-ring (bicyclic) bond motifs is 4. The summed E-state index contributed by atoms with van der Waals surface area (Å²) >= 11 is 0. The van der Waals surface area contributed by atoms with Crippen LogP contribution in [-0.2, 0) is 55.8 Å². The minimum absolute atomic E-state index is 0.0274. The average molecular weight is 956 g/mol. The lowest BCUT2D eigenvalue weighted by Gasteiger charge is -2.33. The van der Waals surface area contributed by atoms with Crippen LogP contribution in [0.25, 0.3) is 0 Å². The summed E-state index contributed by atoms with van der Waals surface area (Å²) in [5.41, 5.74) is 4.14. The Morgan fingerprint density at radius 3 is 1.55 bits per heavy atom. The molecule has 376 valence electrons. The molecule has 4 fully saturated rings. The molecule has 69 heavy (non-hydrogen) atoms. The Balaban J connectivity index is 0.000000208. The smallest absolute Gasteiger partial charge is 0.410 e. The minimum atomic E-state index is -0.860. The lowest BCUT2D eigenvalue weighted by molar-refractivity contribution is -0.149. The zero-order valence-corrected chi connectivity index (χ0v) is 41.4. The molecule has 0 unspecified atom stereocenters. The maximum absolute atomic E-state index is 13.6. The highest BCUT2D eigenvalue weighted by Gasteiger charge is 2.48. The SMILES string of the molecule is CC[C@@H](C)C(=O)N[C@H]1CCO[C@H]2CC[C@@H](C(=O)N[C@@H]3CCCc4ccccc43)N2C1=O.C[C@@H](C(=O)N[C@H]1CCO[C@H]2CC[C@@H](C(=O)N[C@@H]3CCCc4ccccc43)N2C1=O)N(C)C(=O)OC(C)(C)C. The lowest BCUT2D eigenvalue weighted by Crippen LogP contribution is -2.57. The van der Waals surface area contributed by atoms with Crippen molar-refractivity contribution >= 4 is 41.5 Å². The maximum Gasteiger partial charge on any atom is 0.410 e. The fraction of sp³-hybridized carbons (Fsp3) is 0.635. The first-order chi connectivity index (χ1) is 32.9. The van der Waals surface area contributed by atoms with Crippen LogP contribution >= 0.6 is 0 Å². The summed E-state index contributed by atoms with van der Waals surface area (Å²) in [5, 5.41) is 12.0. The molecule has 0 radical (unpaired) electrons. The summed E-state index contributed by atoms with van der Waals surface area (Å²) in [6.45, 7) is 11.3. The monoisotopic (exact) mass is 956 g/mol. The van der Waals surface area contributed by atoms with Crippen LogP contribution in [0.2, 0.25) is 0 Å². The fourth-order valence-corrected chi connectivity index (χ4v) is 10.3. The van der Waals surface area contributed by atoms with Crippen molar-refractivity contribution in [1.29, 1.82) is 0 Å². The van der Waals surface area contributed by atoms with Gasteiger partial charge in [0.05, 0.1) is 25.3 Å². The summed E-state index contributed by atoms with van der Waals surface area (Å²) in [4.78, 5) is 95.8. The molecule has 0 bridgehead atoms. The largest absolute Gasteiger partial charge is 0.444 e. The molecule has 2 aromatic rings. The van der Waals surface area contributed by atoms with Crippen molar-refractivity contribution in [3.8, 4) is 0 Å². The van der Waals surface area contributed by atoms with Crippen molar-refractivity contribution in [1.82, 2.24) is 36.0 Å². The first kappa shape index (κ1) is 51.3. The molecule has 4 heterocycles. The number of ether oxygens (including phenoxy) is 3. The van der Waals surface area contributed by atoms with Gasteiger partial charge >= 0.3 is 6.09 Å². The number of benzene rings is 2.